The number of anilines is 2. The summed E-state index contributed by atoms with van der Waals surface area (Å²) >= 11 is 0. The van der Waals surface area contributed by atoms with E-state index in [2.05, 4.69) is 12.2 Å². The lowest BCUT2D eigenvalue weighted by Gasteiger charge is -2.28. The maximum absolute atomic E-state index is 12.6. The minimum Gasteiger partial charge on any atom is -0.497 e. The van der Waals surface area contributed by atoms with Crippen LogP contribution in [-0.2, 0) is 21.2 Å². The molecule has 1 atom stereocenters. The number of ether oxygens (including phenoxy) is 1. The van der Waals surface area contributed by atoms with Gasteiger partial charge < -0.3 is 10.1 Å². The Morgan fingerprint density at radius 3 is 2.15 bits per heavy atom. The van der Waals surface area contributed by atoms with E-state index in [-0.39, 0.29) is 0 Å². The zero-order chi connectivity index (χ0) is 19.3. The quantitative estimate of drug-likeness (QED) is 0.806. The summed E-state index contributed by atoms with van der Waals surface area (Å²) in [6, 6.07) is 13.1. The van der Waals surface area contributed by atoms with Gasteiger partial charge in [-0.1, -0.05) is 19.1 Å². The van der Waals surface area contributed by atoms with E-state index in [1.54, 1.807) is 31.2 Å². The minimum absolute atomic E-state index is 0.400. The molecule has 0 heterocycles. The Bertz CT molecular complexity index is 846. The van der Waals surface area contributed by atoms with Crippen LogP contribution in [-0.4, -0.2) is 33.7 Å². The van der Waals surface area contributed by atoms with Crippen LogP contribution in [0.25, 0.3) is 0 Å². The van der Waals surface area contributed by atoms with Crippen LogP contribution in [0.15, 0.2) is 48.5 Å². The third kappa shape index (κ3) is 4.76. The molecule has 6 nitrogen and oxygen atoms in total. The Labute approximate surface area is 154 Å². The molecular weight excluding hydrogens is 352 g/mol. The summed E-state index contributed by atoms with van der Waals surface area (Å²) in [4.78, 5) is 12.6. The van der Waals surface area contributed by atoms with E-state index in [0.717, 1.165) is 22.5 Å². The predicted octanol–water partition coefficient (Wildman–Crippen LogP) is 3.05. The fourth-order valence-corrected chi connectivity index (χ4v) is 3.78. The second-order valence-corrected chi connectivity index (χ2v) is 7.83. The van der Waals surface area contributed by atoms with Crippen LogP contribution in [0.3, 0.4) is 0 Å². The molecule has 140 valence electrons. The highest BCUT2D eigenvalue weighted by molar-refractivity contribution is 7.92. The second kappa shape index (κ2) is 8.23. The van der Waals surface area contributed by atoms with Crippen LogP contribution in [0.1, 0.15) is 19.4 Å². The topological polar surface area (TPSA) is 75.7 Å². The average molecular weight is 376 g/mol. The first-order valence-electron chi connectivity index (χ1n) is 8.29. The lowest BCUT2D eigenvalue weighted by Crippen LogP contribution is -2.45. The van der Waals surface area contributed by atoms with Gasteiger partial charge in [-0.2, -0.15) is 0 Å². The van der Waals surface area contributed by atoms with E-state index in [9.17, 15) is 13.2 Å². The number of methoxy groups -OCH3 is 1. The second-order valence-electron chi connectivity index (χ2n) is 5.97. The summed E-state index contributed by atoms with van der Waals surface area (Å²) in [5.74, 6) is 0.200. The highest BCUT2D eigenvalue weighted by atomic mass is 32.2. The van der Waals surface area contributed by atoms with Crippen LogP contribution in [0.4, 0.5) is 11.4 Å². The SMILES string of the molecule is CCc1ccc(NC(=O)[C@H](C)N(c2ccc(OC)cc2)S(C)(=O)=O)cc1. The largest absolute Gasteiger partial charge is 0.497 e. The molecule has 0 spiro atoms. The summed E-state index contributed by atoms with van der Waals surface area (Å²) in [5.41, 5.74) is 2.19. The maximum atomic E-state index is 12.6. The fraction of sp³-hybridized carbons (Fsp3) is 0.316. The van der Waals surface area contributed by atoms with Crippen LogP contribution in [0.2, 0.25) is 0 Å². The predicted molar refractivity (Wildman–Crippen MR) is 104 cm³/mol. The normalized spacial score (nSPS) is 12.3. The molecule has 0 saturated carbocycles. The Morgan fingerprint density at radius 2 is 1.69 bits per heavy atom. The van der Waals surface area contributed by atoms with E-state index in [0.29, 0.717) is 17.1 Å². The Kier molecular flexibility index (Phi) is 6.26. The minimum atomic E-state index is -3.65. The number of aryl methyl sites for hydroxylation is 1. The Balaban J connectivity index is 2.24. The van der Waals surface area contributed by atoms with Gasteiger partial charge in [0.05, 0.1) is 19.1 Å². The first kappa shape index (κ1) is 19.8. The van der Waals surface area contributed by atoms with E-state index in [1.165, 1.54) is 7.11 Å². The third-order valence-electron chi connectivity index (χ3n) is 4.05. The molecule has 0 aliphatic rings. The van der Waals surface area contributed by atoms with Crippen molar-refractivity contribution in [1.82, 2.24) is 0 Å². The van der Waals surface area contributed by atoms with Crippen molar-refractivity contribution in [2.75, 3.05) is 23.0 Å². The van der Waals surface area contributed by atoms with Gasteiger partial charge in [0.25, 0.3) is 0 Å². The van der Waals surface area contributed by atoms with Gasteiger partial charge in [-0.25, -0.2) is 8.42 Å². The number of hydrogen-bond donors (Lipinski definition) is 1. The third-order valence-corrected chi connectivity index (χ3v) is 5.29. The number of sulfonamides is 1. The molecule has 0 saturated heterocycles. The van der Waals surface area contributed by atoms with Crippen molar-refractivity contribution in [3.05, 3.63) is 54.1 Å². The van der Waals surface area contributed by atoms with Crippen LogP contribution in [0.5, 0.6) is 5.75 Å². The molecule has 7 heteroatoms. The molecule has 0 fully saturated rings. The smallest absolute Gasteiger partial charge is 0.247 e. The van der Waals surface area contributed by atoms with Crippen molar-refractivity contribution in [2.45, 2.75) is 26.3 Å². The number of carbonyl (C=O) groups is 1. The summed E-state index contributed by atoms with van der Waals surface area (Å²) < 4.78 is 30.8. The Hall–Kier alpha value is -2.54. The average Bonchev–Trinajstić information content (AvgIpc) is 2.61. The first-order chi connectivity index (χ1) is 12.3. The number of amides is 1. The van der Waals surface area contributed by atoms with E-state index in [1.807, 2.05) is 24.3 Å². The van der Waals surface area contributed by atoms with Gasteiger partial charge in [0, 0.05) is 5.69 Å². The van der Waals surface area contributed by atoms with Crippen LogP contribution >= 0.6 is 0 Å². The molecule has 1 N–H and O–H groups in total. The fourth-order valence-electron chi connectivity index (χ4n) is 2.61. The van der Waals surface area contributed by atoms with Crippen molar-refractivity contribution in [3.8, 4) is 5.75 Å². The van der Waals surface area contributed by atoms with Gasteiger partial charge in [0.15, 0.2) is 0 Å². The summed E-state index contributed by atoms with van der Waals surface area (Å²) in [6.07, 6.45) is 1.99. The highest BCUT2D eigenvalue weighted by Gasteiger charge is 2.29. The molecular formula is C19H24N2O4S. The molecule has 26 heavy (non-hydrogen) atoms. The number of nitrogens with one attached hydrogen (secondary N) is 1. The summed E-state index contributed by atoms with van der Waals surface area (Å²) in [5, 5.41) is 2.77. The lowest BCUT2D eigenvalue weighted by molar-refractivity contribution is -0.116. The van der Waals surface area contributed by atoms with E-state index in [4.69, 9.17) is 4.74 Å². The standard InChI is InChI=1S/C19H24N2O4S/c1-5-15-6-8-16(9-7-15)20-19(22)14(2)21(26(4,23)24)17-10-12-18(25-3)13-11-17/h6-14H,5H2,1-4H3,(H,20,22)/t14-/m0/s1. The molecule has 0 aromatic heterocycles. The van der Waals surface area contributed by atoms with Gasteiger partial charge in [-0.05, 0) is 55.3 Å². The lowest BCUT2D eigenvalue weighted by atomic mass is 10.1. The van der Waals surface area contributed by atoms with Crippen LogP contribution in [0, 0.1) is 0 Å². The molecule has 1 amide bonds. The zero-order valence-electron chi connectivity index (χ0n) is 15.4. The van der Waals surface area contributed by atoms with Crippen molar-refractivity contribution in [3.63, 3.8) is 0 Å². The van der Waals surface area contributed by atoms with Gasteiger partial charge >= 0.3 is 0 Å². The Morgan fingerprint density at radius 1 is 1.12 bits per heavy atom. The van der Waals surface area contributed by atoms with E-state index >= 15 is 0 Å². The maximum Gasteiger partial charge on any atom is 0.247 e. The first-order valence-corrected chi connectivity index (χ1v) is 10.1. The summed E-state index contributed by atoms with van der Waals surface area (Å²) in [7, 11) is -2.12. The van der Waals surface area contributed by atoms with Gasteiger partial charge in [-0.3, -0.25) is 9.10 Å². The molecule has 0 bridgehead atoms. The van der Waals surface area contributed by atoms with Crippen molar-refractivity contribution < 1.29 is 17.9 Å². The number of rotatable bonds is 7. The van der Waals surface area contributed by atoms with Crippen molar-refractivity contribution in [1.29, 1.82) is 0 Å². The molecule has 0 aliphatic heterocycles. The van der Waals surface area contributed by atoms with Gasteiger partial charge in [-0.15, -0.1) is 0 Å². The molecule has 0 aliphatic carbocycles. The van der Waals surface area contributed by atoms with Gasteiger partial charge in [0.1, 0.15) is 11.8 Å². The number of nitrogens with zero attached hydrogens (tertiary/aromatic N) is 1. The number of hydrogen-bond acceptors (Lipinski definition) is 4. The zero-order valence-corrected chi connectivity index (χ0v) is 16.2. The van der Waals surface area contributed by atoms with Crippen molar-refractivity contribution >= 4 is 27.3 Å². The molecule has 0 unspecified atom stereocenters. The molecule has 2 aromatic carbocycles. The van der Waals surface area contributed by atoms with Gasteiger partial charge in [0.2, 0.25) is 15.9 Å². The number of benzene rings is 2. The highest BCUT2D eigenvalue weighted by Crippen LogP contribution is 2.24. The molecule has 2 aromatic rings. The molecule has 0 radical (unpaired) electrons. The summed E-state index contributed by atoms with van der Waals surface area (Å²) in [6.45, 7) is 3.61. The molecule has 2 rings (SSSR count). The van der Waals surface area contributed by atoms with E-state index < -0.39 is 22.0 Å². The van der Waals surface area contributed by atoms with Crippen molar-refractivity contribution in [2.24, 2.45) is 0 Å². The monoisotopic (exact) mass is 376 g/mol. The van der Waals surface area contributed by atoms with Crippen LogP contribution < -0.4 is 14.4 Å². The number of carbonyl (C=O) groups excluding carboxylic acids is 1.